The maximum absolute atomic E-state index is 12.7. The third kappa shape index (κ3) is 5.91. The number of hydrogen-bond donors (Lipinski definition) is 0. The number of benzene rings is 2. The van der Waals surface area contributed by atoms with Gasteiger partial charge in [-0.1, -0.05) is 58.4 Å². The number of ketones is 1. The number of thioether (sulfide) groups is 1. The van der Waals surface area contributed by atoms with Gasteiger partial charge in [0.05, 0.1) is 5.25 Å². The zero-order valence-corrected chi connectivity index (χ0v) is 17.7. The Balaban J connectivity index is 2.28. The molecule has 6 heteroatoms. The lowest BCUT2D eigenvalue weighted by Crippen LogP contribution is -2.29. The second kappa shape index (κ2) is 9.67. The van der Waals surface area contributed by atoms with E-state index >= 15 is 0 Å². The average Bonchev–Trinajstić information content (AvgIpc) is 2.67. The van der Waals surface area contributed by atoms with Crippen LogP contribution in [0.1, 0.15) is 29.8 Å². The van der Waals surface area contributed by atoms with E-state index in [2.05, 4.69) is 15.9 Å². The Bertz CT molecular complexity index is 863. The number of amides is 2. The molecular weight excluding hydrogens is 426 g/mol. The normalized spacial score (nSPS) is 12.4. The Morgan fingerprint density at radius 3 is 2.15 bits per heavy atom. The SMILES string of the molecule is CC(=O)N(C)C(=O)/C=C(/SC(C)C(=O)c1ccc(Br)cc1)c1ccccc1. The van der Waals surface area contributed by atoms with Gasteiger partial charge in [-0.2, -0.15) is 0 Å². The first-order valence-corrected chi connectivity index (χ1v) is 9.98. The second-order valence-electron chi connectivity index (χ2n) is 5.92. The summed E-state index contributed by atoms with van der Waals surface area (Å²) >= 11 is 4.66. The van der Waals surface area contributed by atoms with Gasteiger partial charge in [-0.15, -0.1) is 11.8 Å². The molecule has 0 aromatic heterocycles. The first-order valence-electron chi connectivity index (χ1n) is 8.31. The fourth-order valence-electron chi connectivity index (χ4n) is 2.24. The first-order chi connectivity index (χ1) is 12.8. The third-order valence-corrected chi connectivity index (χ3v) is 5.62. The quantitative estimate of drug-likeness (QED) is 0.473. The van der Waals surface area contributed by atoms with Crippen molar-refractivity contribution in [3.8, 4) is 0 Å². The van der Waals surface area contributed by atoms with Crippen LogP contribution in [0.4, 0.5) is 0 Å². The molecule has 1 atom stereocenters. The zero-order chi connectivity index (χ0) is 20.0. The molecule has 0 fully saturated rings. The van der Waals surface area contributed by atoms with Gasteiger partial charge in [-0.25, -0.2) is 0 Å². The van der Waals surface area contributed by atoms with Gasteiger partial charge in [-0.05, 0) is 24.6 Å². The lowest BCUT2D eigenvalue weighted by atomic mass is 10.1. The fourth-order valence-corrected chi connectivity index (χ4v) is 3.57. The van der Waals surface area contributed by atoms with E-state index < -0.39 is 11.2 Å². The van der Waals surface area contributed by atoms with Crippen LogP contribution >= 0.6 is 27.7 Å². The molecule has 0 saturated carbocycles. The van der Waals surface area contributed by atoms with Crippen LogP contribution in [0.25, 0.3) is 4.91 Å². The number of hydrogen-bond acceptors (Lipinski definition) is 4. The van der Waals surface area contributed by atoms with Crippen molar-refractivity contribution in [1.29, 1.82) is 0 Å². The molecule has 2 rings (SSSR count). The number of likely N-dealkylation sites (N-methyl/N-ethyl adjacent to an activating group) is 1. The van der Waals surface area contributed by atoms with Crippen LogP contribution < -0.4 is 0 Å². The number of halogens is 1. The summed E-state index contributed by atoms with van der Waals surface area (Å²) in [5, 5.41) is -0.395. The van der Waals surface area contributed by atoms with Crippen LogP contribution in [0.15, 0.2) is 65.1 Å². The number of rotatable bonds is 6. The van der Waals surface area contributed by atoms with Crippen molar-refractivity contribution >= 4 is 50.2 Å². The predicted octanol–water partition coefficient (Wildman–Crippen LogP) is 4.80. The van der Waals surface area contributed by atoms with Crippen molar-refractivity contribution < 1.29 is 14.4 Å². The highest BCUT2D eigenvalue weighted by molar-refractivity contribution is 9.10. The number of carbonyl (C=O) groups excluding carboxylic acids is 3. The summed E-state index contributed by atoms with van der Waals surface area (Å²) in [6.07, 6.45) is 1.41. The summed E-state index contributed by atoms with van der Waals surface area (Å²) in [4.78, 5) is 38.2. The summed E-state index contributed by atoms with van der Waals surface area (Å²) in [6, 6.07) is 16.5. The monoisotopic (exact) mass is 445 g/mol. The van der Waals surface area contributed by atoms with Gasteiger partial charge in [0.2, 0.25) is 5.91 Å². The van der Waals surface area contributed by atoms with E-state index in [0.29, 0.717) is 10.5 Å². The van der Waals surface area contributed by atoms with Gasteiger partial charge < -0.3 is 0 Å². The standard InChI is InChI=1S/C21H20BrNO3S/c1-14(21(26)17-9-11-18(22)12-10-17)27-19(16-7-5-4-6-8-16)13-20(25)23(3)15(2)24/h4-14H,1-3H3/b19-13+. The van der Waals surface area contributed by atoms with Crippen molar-refractivity contribution in [2.45, 2.75) is 19.1 Å². The minimum Gasteiger partial charge on any atom is -0.293 e. The molecule has 0 aliphatic rings. The molecule has 1 unspecified atom stereocenters. The fraction of sp³-hybridized carbons (Fsp3) is 0.190. The van der Waals surface area contributed by atoms with Gasteiger partial charge in [0.25, 0.3) is 5.91 Å². The lowest BCUT2D eigenvalue weighted by Gasteiger charge is -2.16. The largest absolute Gasteiger partial charge is 0.293 e. The average molecular weight is 446 g/mol. The zero-order valence-electron chi connectivity index (χ0n) is 15.3. The smallest absolute Gasteiger partial charge is 0.254 e. The predicted molar refractivity (Wildman–Crippen MR) is 113 cm³/mol. The van der Waals surface area contributed by atoms with Crippen molar-refractivity contribution in [2.75, 3.05) is 7.05 Å². The molecule has 2 aromatic carbocycles. The Labute approximate surface area is 171 Å². The van der Waals surface area contributed by atoms with Crippen LogP contribution in [0.2, 0.25) is 0 Å². The molecule has 0 bridgehead atoms. The Morgan fingerprint density at radius 1 is 1.00 bits per heavy atom. The first kappa shape index (κ1) is 21.1. The molecule has 4 nitrogen and oxygen atoms in total. The number of carbonyl (C=O) groups is 3. The van der Waals surface area contributed by atoms with Crippen molar-refractivity contribution in [3.63, 3.8) is 0 Å². The number of nitrogens with zero attached hydrogens (tertiary/aromatic N) is 1. The second-order valence-corrected chi connectivity index (χ2v) is 8.22. The van der Waals surface area contributed by atoms with E-state index in [1.807, 2.05) is 49.4 Å². The molecule has 0 heterocycles. The van der Waals surface area contributed by atoms with Crippen LogP contribution in [-0.2, 0) is 9.59 Å². The molecule has 27 heavy (non-hydrogen) atoms. The van der Waals surface area contributed by atoms with Gasteiger partial charge >= 0.3 is 0 Å². The molecule has 2 amide bonds. The summed E-state index contributed by atoms with van der Waals surface area (Å²) < 4.78 is 0.905. The van der Waals surface area contributed by atoms with Gasteiger partial charge in [0, 0.05) is 35.0 Å². The molecule has 0 spiro atoms. The molecular formula is C21H20BrNO3S. The Kier molecular flexibility index (Phi) is 7.56. The van der Waals surface area contributed by atoms with Gasteiger partial charge in [0.15, 0.2) is 5.78 Å². The molecule has 0 radical (unpaired) electrons. The highest BCUT2D eigenvalue weighted by Gasteiger charge is 2.20. The Morgan fingerprint density at radius 2 is 1.59 bits per heavy atom. The maximum Gasteiger partial charge on any atom is 0.254 e. The molecule has 0 saturated heterocycles. The van der Waals surface area contributed by atoms with Crippen LogP contribution in [-0.4, -0.2) is 34.8 Å². The van der Waals surface area contributed by atoms with Gasteiger partial charge in [0.1, 0.15) is 0 Å². The van der Waals surface area contributed by atoms with Crippen LogP contribution in [0.3, 0.4) is 0 Å². The molecule has 0 aliphatic carbocycles. The molecule has 140 valence electrons. The summed E-state index contributed by atoms with van der Waals surface area (Å²) in [5.41, 5.74) is 1.43. The van der Waals surface area contributed by atoms with E-state index in [1.165, 1.54) is 31.8 Å². The molecule has 0 N–H and O–H groups in total. The third-order valence-electron chi connectivity index (χ3n) is 3.92. The van der Waals surface area contributed by atoms with Crippen molar-refractivity contribution in [3.05, 3.63) is 76.3 Å². The van der Waals surface area contributed by atoms with Crippen molar-refractivity contribution in [2.24, 2.45) is 0 Å². The minimum absolute atomic E-state index is 0.0262. The Hall–Kier alpha value is -2.18. The van der Waals surface area contributed by atoms with Gasteiger partial charge in [-0.3, -0.25) is 19.3 Å². The number of imide groups is 1. The maximum atomic E-state index is 12.7. The topological polar surface area (TPSA) is 54.5 Å². The minimum atomic E-state index is -0.419. The van der Waals surface area contributed by atoms with Crippen LogP contribution in [0.5, 0.6) is 0 Å². The highest BCUT2D eigenvalue weighted by Crippen LogP contribution is 2.33. The highest BCUT2D eigenvalue weighted by atomic mass is 79.9. The summed E-state index contributed by atoms with van der Waals surface area (Å²) in [6.45, 7) is 3.14. The van der Waals surface area contributed by atoms with Crippen molar-refractivity contribution in [1.82, 2.24) is 4.90 Å². The lowest BCUT2D eigenvalue weighted by molar-refractivity contribution is -0.138. The molecule has 0 aliphatic heterocycles. The molecule has 2 aromatic rings. The summed E-state index contributed by atoms with van der Waals surface area (Å²) in [7, 11) is 1.44. The van der Waals surface area contributed by atoms with E-state index in [1.54, 1.807) is 12.1 Å². The van der Waals surface area contributed by atoms with E-state index in [4.69, 9.17) is 0 Å². The van der Waals surface area contributed by atoms with E-state index in [9.17, 15) is 14.4 Å². The van der Waals surface area contributed by atoms with E-state index in [0.717, 1.165) is 14.9 Å². The summed E-state index contributed by atoms with van der Waals surface area (Å²) in [5.74, 6) is -0.786. The van der Waals surface area contributed by atoms with Crippen LogP contribution in [0, 0.1) is 0 Å². The number of Topliss-reactive ketones (excluding diaryl/α,β-unsaturated/α-hetero) is 1. The van der Waals surface area contributed by atoms with E-state index in [-0.39, 0.29) is 11.7 Å².